The molecule has 0 bridgehead atoms. The van der Waals surface area contributed by atoms with Crippen molar-refractivity contribution in [2.24, 2.45) is 0 Å². The molecular formula is Al2O3SZn. The Morgan fingerprint density at radius 2 is 0.714 bits per heavy atom. The first-order valence-electron chi connectivity index (χ1n) is 0.289. The van der Waals surface area contributed by atoms with Gasteiger partial charge in [-0.1, -0.05) is 0 Å². The van der Waals surface area contributed by atoms with Crippen molar-refractivity contribution in [3.63, 3.8) is 0 Å². The van der Waals surface area contributed by atoms with Gasteiger partial charge < -0.3 is 16.4 Å². The summed E-state index contributed by atoms with van der Waals surface area (Å²) in [6.07, 6.45) is 0. The van der Waals surface area contributed by atoms with Crippen molar-refractivity contribution in [1.29, 1.82) is 0 Å². The number of hydrogen-bond acceptors (Lipinski definition) is 1. The van der Waals surface area contributed by atoms with Gasteiger partial charge in [0.15, 0.2) is 0 Å². The van der Waals surface area contributed by atoms with E-state index in [1.54, 1.807) is 0 Å². The SMILES string of the molecule is [Al+3].[Al+3].[O-2].[O-2].[O-2].[S]=[Zn]. The molecule has 7 heavy (non-hydrogen) atoms. The second kappa shape index (κ2) is 112. The van der Waals surface area contributed by atoms with E-state index in [1.807, 2.05) is 0 Å². The molecule has 0 aromatic carbocycles. The predicted octanol–water partition coefficient (Wildman–Crippen LogP) is -0.472. The topological polar surface area (TPSA) is 85.5 Å². The van der Waals surface area contributed by atoms with E-state index >= 15 is 0 Å². The van der Waals surface area contributed by atoms with Gasteiger partial charge in [-0.25, -0.2) is 0 Å². The Morgan fingerprint density at radius 3 is 0.714 bits per heavy atom. The van der Waals surface area contributed by atoms with E-state index in [9.17, 15) is 0 Å². The van der Waals surface area contributed by atoms with E-state index in [-0.39, 0.29) is 51.2 Å². The third-order valence-corrected chi connectivity index (χ3v) is 0. The van der Waals surface area contributed by atoms with Crippen molar-refractivity contribution in [1.82, 2.24) is 0 Å². The van der Waals surface area contributed by atoms with Crippen LogP contribution in [0.3, 0.4) is 0 Å². The van der Waals surface area contributed by atoms with E-state index in [0.717, 1.165) is 16.6 Å². The minimum atomic E-state index is 0. The van der Waals surface area contributed by atoms with Crippen LogP contribution in [-0.2, 0) is 33.0 Å². The summed E-state index contributed by atoms with van der Waals surface area (Å²) in [5.74, 6) is 0. The van der Waals surface area contributed by atoms with Gasteiger partial charge in [0, 0.05) is 0 Å². The Labute approximate surface area is 77.3 Å². The molecule has 0 N–H and O–H groups in total. The standard InChI is InChI=1S/2Al.3O.S.Zn/q2*+3;3*-2;;. The van der Waals surface area contributed by atoms with E-state index in [4.69, 9.17) is 0 Å². The summed E-state index contributed by atoms with van der Waals surface area (Å²) in [4.78, 5) is 0. The minimum absolute atomic E-state index is 0. The second-order valence-corrected chi connectivity index (χ2v) is 0. The Bertz CT molecular complexity index is 12.9. The zero-order valence-electron chi connectivity index (χ0n) is 3.49. The summed E-state index contributed by atoms with van der Waals surface area (Å²) in [6, 6.07) is 0. The van der Waals surface area contributed by atoms with Gasteiger partial charge in [-0.3, -0.25) is 0 Å². The van der Waals surface area contributed by atoms with Gasteiger partial charge in [0.1, 0.15) is 0 Å². The van der Waals surface area contributed by atoms with Crippen molar-refractivity contribution in [3.05, 3.63) is 0 Å². The van der Waals surface area contributed by atoms with Crippen LogP contribution < -0.4 is 0 Å². The Morgan fingerprint density at radius 1 is 0.714 bits per heavy atom. The normalized spacial score (nSPS) is 0.857. The predicted molar refractivity (Wildman–Crippen MR) is 21.2 cm³/mol. The molecule has 0 rings (SSSR count). The van der Waals surface area contributed by atoms with Gasteiger partial charge in [-0.2, -0.15) is 0 Å². The van der Waals surface area contributed by atoms with Crippen LogP contribution in [0.25, 0.3) is 0 Å². The monoisotopic (exact) mass is 198 g/mol. The van der Waals surface area contributed by atoms with Gasteiger partial charge in [-0.05, 0) is 0 Å². The molecule has 0 aromatic heterocycles. The molecule has 0 radical (unpaired) electrons. The second-order valence-electron chi connectivity index (χ2n) is 0. The Kier molecular flexibility index (Phi) is 1100. The molecule has 0 atom stereocenters. The van der Waals surface area contributed by atoms with Gasteiger partial charge in [0.25, 0.3) is 0 Å². The van der Waals surface area contributed by atoms with Crippen LogP contribution in [0.2, 0.25) is 0 Å². The van der Waals surface area contributed by atoms with Gasteiger partial charge in [0.05, 0.1) is 0 Å². The van der Waals surface area contributed by atoms with Gasteiger partial charge in [-0.15, -0.1) is 0 Å². The van der Waals surface area contributed by atoms with Crippen molar-refractivity contribution in [2.75, 3.05) is 0 Å². The Hall–Kier alpha value is 1.79. The summed E-state index contributed by atoms with van der Waals surface area (Å²) in [5.41, 5.74) is 0. The molecule has 0 aliphatic carbocycles. The maximum absolute atomic E-state index is 4.21. The molecular weight excluding hydrogens is 199 g/mol. The molecule has 0 fully saturated rings. The molecule has 0 aliphatic rings. The molecule has 0 amide bonds. The van der Waals surface area contributed by atoms with E-state index in [0.29, 0.717) is 0 Å². The quantitative estimate of drug-likeness (QED) is 0.485. The molecule has 0 spiro atoms. The first kappa shape index (κ1) is 68.6. The van der Waals surface area contributed by atoms with Crippen molar-refractivity contribution >= 4 is 44.8 Å². The summed E-state index contributed by atoms with van der Waals surface area (Å²) in [6.45, 7) is 0. The first-order valence-corrected chi connectivity index (χ1v) is 4.50. The zero-order valence-corrected chi connectivity index (χ0v) is 9.59. The van der Waals surface area contributed by atoms with Crippen LogP contribution in [0.5, 0.6) is 0 Å². The first-order chi connectivity index (χ1) is 1.00. The van der Waals surface area contributed by atoms with Crippen molar-refractivity contribution in [3.8, 4) is 0 Å². The zero-order chi connectivity index (χ0) is 2.00. The van der Waals surface area contributed by atoms with E-state index in [1.165, 1.54) is 0 Å². The fourth-order valence-corrected chi connectivity index (χ4v) is 0. The number of hydrogen-bond donors (Lipinski definition) is 0. The van der Waals surface area contributed by atoms with Crippen LogP contribution in [0, 0.1) is 0 Å². The van der Waals surface area contributed by atoms with Crippen LogP contribution >= 0.6 is 10.1 Å². The molecule has 0 heterocycles. The van der Waals surface area contributed by atoms with E-state index < -0.39 is 0 Å². The van der Waals surface area contributed by atoms with Crippen LogP contribution in [0.1, 0.15) is 0 Å². The summed E-state index contributed by atoms with van der Waals surface area (Å²) in [7, 11) is 4.21. The summed E-state index contributed by atoms with van der Waals surface area (Å²) in [5, 5.41) is 0. The fourth-order valence-electron chi connectivity index (χ4n) is 0. The average molecular weight is 199 g/mol. The molecule has 0 aromatic rings. The van der Waals surface area contributed by atoms with E-state index in [2.05, 4.69) is 10.1 Å². The van der Waals surface area contributed by atoms with Crippen LogP contribution in [0.4, 0.5) is 0 Å². The maximum atomic E-state index is 4.21. The van der Waals surface area contributed by atoms with Crippen molar-refractivity contribution < 1.29 is 33.0 Å². The average Bonchev–Trinajstić information content (AvgIpc) is 1.00. The molecule has 0 saturated carbocycles. The third-order valence-electron chi connectivity index (χ3n) is 0. The van der Waals surface area contributed by atoms with Crippen LogP contribution in [0.15, 0.2) is 0 Å². The third kappa shape index (κ3) is 81.6. The van der Waals surface area contributed by atoms with Crippen molar-refractivity contribution in [2.45, 2.75) is 0 Å². The molecule has 32 valence electrons. The molecule has 7 heteroatoms. The Balaban J connectivity index is -0.000000000500. The molecule has 3 nitrogen and oxygen atoms in total. The number of rotatable bonds is 0. The molecule has 0 saturated heterocycles. The summed E-state index contributed by atoms with van der Waals surface area (Å²) >= 11 is 0.958. The van der Waals surface area contributed by atoms with Crippen LogP contribution in [-0.4, -0.2) is 34.7 Å². The van der Waals surface area contributed by atoms with Gasteiger partial charge >= 0.3 is 61.4 Å². The van der Waals surface area contributed by atoms with Gasteiger partial charge in [0.2, 0.25) is 0 Å². The summed E-state index contributed by atoms with van der Waals surface area (Å²) < 4.78 is 0. The molecule has 0 unspecified atom stereocenters. The fraction of sp³-hybridized carbons (Fsp3) is 0. The molecule has 0 aliphatic heterocycles.